The Balaban J connectivity index is 1.71. The van der Waals surface area contributed by atoms with Crippen molar-refractivity contribution in [1.29, 1.82) is 0 Å². The molecule has 0 aromatic carbocycles. The van der Waals surface area contributed by atoms with E-state index in [-0.39, 0.29) is 6.04 Å². The summed E-state index contributed by atoms with van der Waals surface area (Å²) in [7, 11) is 1.68. The maximum absolute atomic E-state index is 5.66. The Morgan fingerprint density at radius 2 is 2.25 bits per heavy atom. The van der Waals surface area contributed by atoms with Gasteiger partial charge in [-0.15, -0.1) is 0 Å². The van der Waals surface area contributed by atoms with Crippen LogP contribution in [0.1, 0.15) is 17.6 Å². The van der Waals surface area contributed by atoms with E-state index < -0.39 is 0 Å². The van der Waals surface area contributed by atoms with Gasteiger partial charge in [0, 0.05) is 39.1 Å². The predicted octanol–water partition coefficient (Wildman–Crippen LogP) is 1.50. The zero-order valence-corrected chi connectivity index (χ0v) is 13.9. The lowest BCUT2D eigenvalue weighted by atomic mass is 10.2. The van der Waals surface area contributed by atoms with Crippen molar-refractivity contribution >= 4 is 5.82 Å². The van der Waals surface area contributed by atoms with Crippen LogP contribution in [0.3, 0.4) is 0 Å². The zero-order chi connectivity index (χ0) is 16.6. The van der Waals surface area contributed by atoms with Crippen molar-refractivity contribution in [2.75, 3.05) is 45.3 Å². The van der Waals surface area contributed by atoms with Crippen molar-refractivity contribution in [1.82, 2.24) is 19.9 Å². The van der Waals surface area contributed by atoms with E-state index in [1.165, 1.54) is 0 Å². The van der Waals surface area contributed by atoms with Gasteiger partial charge in [-0.25, -0.2) is 9.97 Å². The zero-order valence-electron chi connectivity index (χ0n) is 13.9. The molecule has 0 saturated carbocycles. The fourth-order valence-corrected chi connectivity index (χ4v) is 2.68. The lowest BCUT2D eigenvalue weighted by molar-refractivity contribution is -0.0164. The average molecular weight is 329 g/mol. The number of hydrogen-bond donors (Lipinski definition) is 1. The van der Waals surface area contributed by atoms with Crippen LogP contribution in [0.15, 0.2) is 36.7 Å². The first-order chi connectivity index (χ1) is 11.9. The van der Waals surface area contributed by atoms with Gasteiger partial charge in [0.15, 0.2) is 0 Å². The molecule has 1 aliphatic heterocycles. The second kappa shape index (κ2) is 8.68. The van der Waals surface area contributed by atoms with Gasteiger partial charge in [-0.3, -0.25) is 9.88 Å². The van der Waals surface area contributed by atoms with Crippen LogP contribution in [0.4, 0.5) is 5.82 Å². The molecular weight excluding hydrogens is 306 g/mol. The summed E-state index contributed by atoms with van der Waals surface area (Å²) >= 11 is 0. The monoisotopic (exact) mass is 329 g/mol. The summed E-state index contributed by atoms with van der Waals surface area (Å²) < 4.78 is 10.7. The summed E-state index contributed by atoms with van der Waals surface area (Å²) in [5.74, 6) is 1.58. The molecule has 1 N–H and O–H groups in total. The summed E-state index contributed by atoms with van der Waals surface area (Å²) in [5.41, 5.74) is 1.04. The average Bonchev–Trinajstić information content (AvgIpc) is 2.64. The highest BCUT2D eigenvalue weighted by Gasteiger charge is 2.27. The molecule has 3 rings (SSSR count). The van der Waals surface area contributed by atoms with E-state index in [2.05, 4.69) is 25.2 Å². The number of nitrogens with zero attached hydrogens (tertiary/aromatic N) is 4. The third kappa shape index (κ3) is 4.47. The molecule has 0 radical (unpaired) electrons. The Morgan fingerprint density at radius 1 is 1.29 bits per heavy atom. The van der Waals surface area contributed by atoms with E-state index >= 15 is 0 Å². The van der Waals surface area contributed by atoms with Crippen LogP contribution < -0.4 is 5.32 Å². The second-order valence-corrected chi connectivity index (χ2v) is 5.60. The lowest BCUT2D eigenvalue weighted by Crippen LogP contribution is -2.40. The van der Waals surface area contributed by atoms with Crippen LogP contribution in [-0.4, -0.2) is 59.9 Å². The summed E-state index contributed by atoms with van der Waals surface area (Å²) in [6, 6.07) is 7.87. The molecule has 7 heteroatoms. The molecular formula is C17H23N5O2. The molecule has 2 aromatic rings. The van der Waals surface area contributed by atoms with Crippen LogP contribution in [-0.2, 0) is 16.0 Å². The maximum atomic E-state index is 5.66. The van der Waals surface area contributed by atoms with Gasteiger partial charge in [-0.05, 0) is 18.2 Å². The Kier molecular flexibility index (Phi) is 6.06. The fourth-order valence-electron chi connectivity index (χ4n) is 2.68. The number of aromatic nitrogens is 3. The number of anilines is 1. The molecule has 24 heavy (non-hydrogen) atoms. The van der Waals surface area contributed by atoms with E-state index in [0.29, 0.717) is 19.8 Å². The quantitative estimate of drug-likeness (QED) is 0.772. The molecule has 0 spiro atoms. The van der Waals surface area contributed by atoms with Crippen molar-refractivity contribution in [2.24, 2.45) is 0 Å². The first-order valence-electron chi connectivity index (χ1n) is 8.14. The minimum atomic E-state index is 0.0323. The Bertz CT molecular complexity index is 625. The molecule has 1 fully saturated rings. The van der Waals surface area contributed by atoms with Crippen molar-refractivity contribution in [3.8, 4) is 0 Å². The van der Waals surface area contributed by atoms with Gasteiger partial charge in [0.1, 0.15) is 11.6 Å². The number of pyridine rings is 1. The summed E-state index contributed by atoms with van der Waals surface area (Å²) in [4.78, 5) is 15.8. The maximum Gasteiger partial charge on any atom is 0.150 e. The lowest BCUT2D eigenvalue weighted by Gasteiger charge is -2.34. The molecule has 1 saturated heterocycles. The molecule has 128 valence electrons. The summed E-state index contributed by atoms with van der Waals surface area (Å²) in [5, 5.41) is 3.24. The van der Waals surface area contributed by atoms with Crippen molar-refractivity contribution in [2.45, 2.75) is 12.6 Å². The van der Waals surface area contributed by atoms with E-state index in [1.807, 2.05) is 30.5 Å². The fraction of sp³-hybridized carbons (Fsp3) is 0.471. The molecule has 2 aromatic heterocycles. The van der Waals surface area contributed by atoms with Gasteiger partial charge >= 0.3 is 0 Å². The highest BCUT2D eigenvalue weighted by Crippen LogP contribution is 2.23. The second-order valence-electron chi connectivity index (χ2n) is 5.60. The number of rotatable bonds is 7. The first kappa shape index (κ1) is 16.8. The summed E-state index contributed by atoms with van der Waals surface area (Å²) in [6.07, 6.45) is 3.60. The molecule has 0 bridgehead atoms. The minimum Gasteiger partial charge on any atom is -0.383 e. The standard InChI is InChI=1S/C17H23N5O2/c1-23-10-8-19-16-5-7-20-17(21-16)15-13-24-11-9-22(15)12-14-4-2-3-6-18-14/h2-7,15H,8-13H2,1H3,(H,19,20,21). The van der Waals surface area contributed by atoms with E-state index in [4.69, 9.17) is 9.47 Å². The van der Waals surface area contributed by atoms with Crippen LogP contribution in [0, 0.1) is 0 Å². The topological polar surface area (TPSA) is 72.4 Å². The smallest absolute Gasteiger partial charge is 0.150 e. The number of ether oxygens (including phenoxy) is 2. The van der Waals surface area contributed by atoms with Crippen LogP contribution >= 0.6 is 0 Å². The van der Waals surface area contributed by atoms with Gasteiger partial charge in [0.25, 0.3) is 0 Å². The highest BCUT2D eigenvalue weighted by atomic mass is 16.5. The predicted molar refractivity (Wildman–Crippen MR) is 90.6 cm³/mol. The third-order valence-corrected chi connectivity index (χ3v) is 3.92. The number of methoxy groups -OCH3 is 1. The number of hydrogen-bond acceptors (Lipinski definition) is 7. The van der Waals surface area contributed by atoms with Crippen molar-refractivity contribution in [3.05, 3.63) is 48.2 Å². The molecule has 7 nitrogen and oxygen atoms in total. The van der Waals surface area contributed by atoms with Crippen molar-refractivity contribution in [3.63, 3.8) is 0 Å². The van der Waals surface area contributed by atoms with Gasteiger partial charge in [0.2, 0.25) is 0 Å². The molecule has 1 aliphatic rings. The van der Waals surface area contributed by atoms with Crippen LogP contribution in [0.25, 0.3) is 0 Å². The van der Waals surface area contributed by atoms with Gasteiger partial charge in [-0.1, -0.05) is 6.07 Å². The summed E-state index contributed by atoms with van der Waals surface area (Å²) in [6.45, 7) is 4.26. The molecule has 0 aliphatic carbocycles. The van der Waals surface area contributed by atoms with Crippen LogP contribution in [0.5, 0.6) is 0 Å². The molecule has 0 amide bonds. The largest absolute Gasteiger partial charge is 0.383 e. The minimum absolute atomic E-state index is 0.0323. The number of nitrogens with one attached hydrogen (secondary N) is 1. The molecule has 1 unspecified atom stereocenters. The Morgan fingerprint density at radius 3 is 3.08 bits per heavy atom. The van der Waals surface area contributed by atoms with Gasteiger partial charge in [0.05, 0.1) is 31.6 Å². The van der Waals surface area contributed by atoms with Gasteiger partial charge < -0.3 is 14.8 Å². The van der Waals surface area contributed by atoms with E-state index in [1.54, 1.807) is 13.3 Å². The van der Waals surface area contributed by atoms with Crippen LogP contribution in [0.2, 0.25) is 0 Å². The highest BCUT2D eigenvalue weighted by molar-refractivity contribution is 5.33. The van der Waals surface area contributed by atoms with E-state index in [9.17, 15) is 0 Å². The van der Waals surface area contributed by atoms with E-state index in [0.717, 1.165) is 37.0 Å². The number of morpholine rings is 1. The SMILES string of the molecule is COCCNc1ccnc(C2COCCN2Cc2ccccn2)n1. The van der Waals surface area contributed by atoms with Gasteiger partial charge in [-0.2, -0.15) is 0 Å². The molecule has 1 atom stereocenters. The van der Waals surface area contributed by atoms with Crippen molar-refractivity contribution < 1.29 is 9.47 Å². The Labute approximate surface area is 142 Å². The normalized spacial score (nSPS) is 18.5. The third-order valence-electron chi connectivity index (χ3n) is 3.92. The first-order valence-corrected chi connectivity index (χ1v) is 8.14. The molecule has 3 heterocycles. The Hall–Kier alpha value is -2.09.